The normalized spacial score (nSPS) is 17.6. The summed E-state index contributed by atoms with van der Waals surface area (Å²) in [6, 6.07) is 4.06. The standard InChI is InChI=1S/C13H13N5O3/c19-11(7-1-2-8-10(5-7)16-6-15-8)14-4-3-9-12(20)18-13(21)17-9/h1-2,5-6,9H,3-4H2,(H,14,19)(H,15,16)(H2,17,18,20,21). The lowest BCUT2D eigenvalue weighted by Crippen LogP contribution is -2.34. The fraction of sp³-hybridized carbons (Fsp3) is 0.231. The SMILES string of the molecule is O=C1NC(=O)C(CCNC(=O)c2ccc3nc[nH]c3c2)N1. The summed E-state index contributed by atoms with van der Waals surface area (Å²) in [6.45, 7) is 0.290. The van der Waals surface area contributed by atoms with Gasteiger partial charge in [-0.1, -0.05) is 0 Å². The van der Waals surface area contributed by atoms with Crippen LogP contribution in [0.5, 0.6) is 0 Å². The van der Waals surface area contributed by atoms with Gasteiger partial charge in [0.2, 0.25) is 0 Å². The molecule has 4 amide bonds. The molecule has 21 heavy (non-hydrogen) atoms. The monoisotopic (exact) mass is 287 g/mol. The lowest BCUT2D eigenvalue weighted by molar-refractivity contribution is -0.120. The summed E-state index contributed by atoms with van der Waals surface area (Å²) in [6.07, 6.45) is 1.91. The number of aromatic amines is 1. The van der Waals surface area contributed by atoms with Crippen molar-refractivity contribution >= 4 is 28.9 Å². The van der Waals surface area contributed by atoms with E-state index in [9.17, 15) is 14.4 Å². The first-order chi connectivity index (χ1) is 10.1. The van der Waals surface area contributed by atoms with Gasteiger partial charge >= 0.3 is 6.03 Å². The second-order valence-corrected chi connectivity index (χ2v) is 4.69. The predicted molar refractivity (Wildman–Crippen MR) is 73.5 cm³/mol. The molecular formula is C13H13N5O3. The highest BCUT2D eigenvalue weighted by Crippen LogP contribution is 2.11. The highest BCUT2D eigenvalue weighted by Gasteiger charge is 2.28. The third-order valence-electron chi connectivity index (χ3n) is 3.26. The summed E-state index contributed by atoms with van der Waals surface area (Å²) in [5, 5.41) is 7.33. The molecule has 1 aliphatic heterocycles. The molecule has 8 heteroatoms. The van der Waals surface area contributed by atoms with E-state index in [2.05, 4.69) is 25.9 Å². The number of hydrogen-bond acceptors (Lipinski definition) is 4. The molecule has 1 unspecified atom stereocenters. The Hall–Kier alpha value is -2.90. The zero-order chi connectivity index (χ0) is 14.8. The Labute approximate surface area is 119 Å². The Morgan fingerprint density at radius 1 is 1.33 bits per heavy atom. The van der Waals surface area contributed by atoms with Crippen LogP contribution in [0.3, 0.4) is 0 Å². The number of H-pyrrole nitrogens is 1. The number of benzene rings is 1. The lowest BCUT2D eigenvalue weighted by atomic mass is 10.1. The van der Waals surface area contributed by atoms with Gasteiger partial charge in [0.05, 0.1) is 17.4 Å². The summed E-state index contributed by atoms with van der Waals surface area (Å²) < 4.78 is 0. The van der Waals surface area contributed by atoms with Gasteiger partial charge in [0.25, 0.3) is 11.8 Å². The number of amides is 4. The van der Waals surface area contributed by atoms with Gasteiger partial charge in [-0.05, 0) is 24.6 Å². The summed E-state index contributed by atoms with van der Waals surface area (Å²) in [5.41, 5.74) is 2.08. The van der Waals surface area contributed by atoms with Gasteiger partial charge in [-0.25, -0.2) is 9.78 Å². The first kappa shape index (κ1) is 13.1. The van der Waals surface area contributed by atoms with Gasteiger partial charge < -0.3 is 15.6 Å². The molecule has 8 nitrogen and oxygen atoms in total. The number of carbonyl (C=O) groups excluding carboxylic acids is 3. The van der Waals surface area contributed by atoms with E-state index < -0.39 is 12.1 Å². The molecule has 108 valence electrons. The van der Waals surface area contributed by atoms with Crippen LogP contribution in [0.2, 0.25) is 0 Å². The third kappa shape index (κ3) is 2.69. The summed E-state index contributed by atoms with van der Waals surface area (Å²) in [7, 11) is 0. The van der Waals surface area contributed by atoms with E-state index in [0.717, 1.165) is 11.0 Å². The van der Waals surface area contributed by atoms with E-state index in [1.165, 1.54) is 0 Å². The van der Waals surface area contributed by atoms with E-state index >= 15 is 0 Å². The van der Waals surface area contributed by atoms with E-state index in [4.69, 9.17) is 0 Å². The molecule has 0 radical (unpaired) electrons. The number of nitrogens with zero attached hydrogens (tertiary/aromatic N) is 1. The molecular weight excluding hydrogens is 274 g/mol. The number of hydrogen-bond donors (Lipinski definition) is 4. The molecule has 1 aliphatic rings. The number of imide groups is 1. The van der Waals surface area contributed by atoms with E-state index in [1.807, 2.05) is 0 Å². The Morgan fingerprint density at radius 2 is 2.19 bits per heavy atom. The molecule has 1 aromatic heterocycles. The second-order valence-electron chi connectivity index (χ2n) is 4.69. The third-order valence-corrected chi connectivity index (χ3v) is 3.26. The molecule has 0 aliphatic carbocycles. The first-order valence-electron chi connectivity index (χ1n) is 6.46. The minimum Gasteiger partial charge on any atom is -0.352 e. The molecule has 2 aromatic rings. The highest BCUT2D eigenvalue weighted by molar-refractivity contribution is 6.04. The van der Waals surface area contributed by atoms with Crippen LogP contribution in [-0.4, -0.2) is 40.4 Å². The van der Waals surface area contributed by atoms with Gasteiger partial charge in [0, 0.05) is 12.1 Å². The molecule has 1 saturated heterocycles. The van der Waals surface area contributed by atoms with Crippen molar-refractivity contribution in [3.8, 4) is 0 Å². The van der Waals surface area contributed by atoms with Crippen molar-refractivity contribution in [1.82, 2.24) is 25.9 Å². The van der Waals surface area contributed by atoms with Gasteiger partial charge in [0.15, 0.2) is 0 Å². The van der Waals surface area contributed by atoms with Crippen LogP contribution in [-0.2, 0) is 4.79 Å². The van der Waals surface area contributed by atoms with Crippen molar-refractivity contribution in [2.75, 3.05) is 6.54 Å². The summed E-state index contributed by atoms with van der Waals surface area (Å²) in [5.74, 6) is -0.607. The Bertz CT molecular complexity index is 723. The van der Waals surface area contributed by atoms with Crippen molar-refractivity contribution in [2.24, 2.45) is 0 Å². The fourth-order valence-corrected chi connectivity index (χ4v) is 2.17. The quantitative estimate of drug-likeness (QED) is 0.587. The molecule has 1 fully saturated rings. The smallest absolute Gasteiger partial charge is 0.322 e. The van der Waals surface area contributed by atoms with Gasteiger partial charge in [-0.3, -0.25) is 14.9 Å². The lowest BCUT2D eigenvalue weighted by Gasteiger charge is -2.08. The topological polar surface area (TPSA) is 116 Å². The average molecular weight is 287 g/mol. The minimum atomic E-state index is -0.590. The number of imidazole rings is 1. The maximum absolute atomic E-state index is 12.0. The Kier molecular flexibility index (Phi) is 3.27. The van der Waals surface area contributed by atoms with E-state index in [0.29, 0.717) is 12.0 Å². The molecule has 0 saturated carbocycles. The van der Waals surface area contributed by atoms with Crippen LogP contribution in [0.4, 0.5) is 4.79 Å². The van der Waals surface area contributed by atoms with Gasteiger partial charge in [-0.15, -0.1) is 0 Å². The molecule has 0 bridgehead atoms. The van der Waals surface area contributed by atoms with Crippen LogP contribution in [0.1, 0.15) is 16.8 Å². The van der Waals surface area contributed by atoms with Crippen LogP contribution >= 0.6 is 0 Å². The number of nitrogens with one attached hydrogen (secondary N) is 4. The summed E-state index contributed by atoms with van der Waals surface area (Å²) >= 11 is 0. The number of rotatable bonds is 4. The number of carbonyl (C=O) groups is 3. The van der Waals surface area contributed by atoms with Crippen molar-refractivity contribution in [3.05, 3.63) is 30.1 Å². The maximum atomic E-state index is 12.0. The zero-order valence-electron chi connectivity index (χ0n) is 11.0. The van der Waals surface area contributed by atoms with E-state index in [-0.39, 0.29) is 18.4 Å². The molecule has 4 N–H and O–H groups in total. The largest absolute Gasteiger partial charge is 0.352 e. The van der Waals surface area contributed by atoms with E-state index in [1.54, 1.807) is 24.5 Å². The van der Waals surface area contributed by atoms with Gasteiger partial charge in [-0.2, -0.15) is 0 Å². The highest BCUT2D eigenvalue weighted by atomic mass is 16.2. The zero-order valence-corrected chi connectivity index (χ0v) is 11.0. The molecule has 1 atom stereocenters. The molecule has 3 rings (SSSR count). The van der Waals surface area contributed by atoms with Crippen LogP contribution < -0.4 is 16.0 Å². The second kappa shape index (κ2) is 5.23. The molecule has 0 spiro atoms. The Balaban J connectivity index is 1.56. The minimum absolute atomic E-state index is 0.240. The number of urea groups is 1. The first-order valence-corrected chi connectivity index (χ1v) is 6.46. The fourth-order valence-electron chi connectivity index (χ4n) is 2.17. The van der Waals surface area contributed by atoms with Crippen LogP contribution in [0.25, 0.3) is 11.0 Å². The number of fused-ring (bicyclic) bond motifs is 1. The predicted octanol–water partition coefficient (Wildman–Crippen LogP) is -0.109. The van der Waals surface area contributed by atoms with Gasteiger partial charge in [0.1, 0.15) is 6.04 Å². The molecule has 1 aromatic carbocycles. The van der Waals surface area contributed by atoms with Crippen molar-refractivity contribution in [1.29, 1.82) is 0 Å². The van der Waals surface area contributed by atoms with Crippen LogP contribution in [0.15, 0.2) is 24.5 Å². The maximum Gasteiger partial charge on any atom is 0.322 e. The van der Waals surface area contributed by atoms with Crippen LogP contribution in [0, 0.1) is 0 Å². The number of aromatic nitrogens is 2. The van der Waals surface area contributed by atoms with Crippen molar-refractivity contribution in [3.63, 3.8) is 0 Å². The average Bonchev–Trinajstić information content (AvgIpc) is 3.04. The van der Waals surface area contributed by atoms with Crippen molar-refractivity contribution < 1.29 is 14.4 Å². The Morgan fingerprint density at radius 3 is 2.95 bits per heavy atom. The van der Waals surface area contributed by atoms with Crippen molar-refractivity contribution in [2.45, 2.75) is 12.5 Å². The summed E-state index contributed by atoms with van der Waals surface area (Å²) in [4.78, 5) is 41.3. The molecule has 2 heterocycles.